The topological polar surface area (TPSA) is 80.4 Å². The van der Waals surface area contributed by atoms with Gasteiger partial charge in [-0.1, -0.05) is 218 Å². The highest BCUT2D eigenvalue weighted by Crippen LogP contribution is 2.46. The zero-order valence-corrected chi connectivity index (χ0v) is 33.4. The van der Waals surface area contributed by atoms with E-state index in [2.05, 4.69) is 79.7 Å². The molecule has 4 rings (SSSR count). The van der Waals surface area contributed by atoms with E-state index in [4.69, 9.17) is 5.73 Å². The largest absolute Gasteiger partial charge is 0.310 e. The summed E-state index contributed by atoms with van der Waals surface area (Å²) < 4.78 is 38.7. The van der Waals surface area contributed by atoms with Gasteiger partial charge in [0.2, 0.25) is 0 Å². The van der Waals surface area contributed by atoms with Crippen molar-refractivity contribution >= 4 is 47.2 Å². The maximum absolute atomic E-state index is 13.7. The fourth-order valence-corrected chi connectivity index (χ4v) is 14.1. The lowest BCUT2D eigenvalue weighted by molar-refractivity contribution is 0.347. The van der Waals surface area contributed by atoms with Crippen LogP contribution in [0.5, 0.6) is 0 Å². The molecule has 2 atom stereocenters. The third-order valence-corrected chi connectivity index (χ3v) is 17.1. The summed E-state index contributed by atoms with van der Waals surface area (Å²) in [4.78, 5) is -1.81. The second-order valence-corrected chi connectivity index (χ2v) is 20.2. The zero-order valence-electron chi connectivity index (χ0n) is 30.8. The van der Waals surface area contributed by atoms with E-state index >= 15 is 0 Å². The van der Waals surface area contributed by atoms with Gasteiger partial charge in [0.25, 0.3) is 10.1 Å². The quantitative estimate of drug-likeness (QED) is 0.0402. The van der Waals surface area contributed by atoms with Crippen molar-refractivity contribution in [1.82, 2.24) is 0 Å². The van der Waals surface area contributed by atoms with Gasteiger partial charge in [0.15, 0.2) is 4.87 Å². The molecule has 4 aromatic rings. The summed E-state index contributed by atoms with van der Waals surface area (Å²) in [6.45, 7) is 2.27. The van der Waals surface area contributed by atoms with Gasteiger partial charge < -0.3 is 5.73 Å². The van der Waals surface area contributed by atoms with Crippen LogP contribution < -0.4 is 27.0 Å². The van der Waals surface area contributed by atoms with Gasteiger partial charge in [-0.25, -0.2) is 0 Å². The fourth-order valence-electron chi connectivity index (χ4n) is 7.09. The molecule has 0 aliphatic carbocycles. The van der Waals surface area contributed by atoms with E-state index in [-0.39, 0.29) is 6.16 Å². The summed E-state index contributed by atoms with van der Waals surface area (Å²) in [5, 5.41) is 4.49. The zero-order chi connectivity index (χ0) is 36.2. The van der Waals surface area contributed by atoms with Gasteiger partial charge in [0.1, 0.15) is 0 Å². The Bertz CT molecular complexity index is 1510. The molecule has 0 saturated carbocycles. The minimum absolute atomic E-state index is 0.158. The summed E-state index contributed by atoms with van der Waals surface area (Å²) in [7, 11) is -6.74. The Morgan fingerprint density at radius 2 is 0.843 bits per heavy atom. The number of benzene rings is 4. The van der Waals surface area contributed by atoms with E-state index in [0.717, 1.165) is 29.9 Å². The second-order valence-electron chi connectivity index (χ2n) is 14.1. The average molecular weight is 746 g/mol. The van der Waals surface area contributed by atoms with Crippen molar-refractivity contribution in [1.29, 1.82) is 0 Å². The standard InChI is InChI=1S/C44H61NO3P2S/c1-2-3-4-5-6-7-8-9-10-11-12-13-14-19-28-39(37-49(40-29-20-15-21-30-40)41-31-22-16-23-32-41)44(45,51(46,47)48)38-50(42-33-24-17-25-34-42)43-35-26-18-27-36-43/h15-18,20-27,29-36,39H,2-14,19,28,37-38,45H2,1H3,(H,46,47,48). The first-order valence-corrected chi connectivity index (χ1v) is 23.8. The Kier molecular flexibility index (Phi) is 18.4. The Morgan fingerprint density at radius 1 is 0.529 bits per heavy atom. The van der Waals surface area contributed by atoms with Crippen molar-refractivity contribution in [3.05, 3.63) is 121 Å². The van der Waals surface area contributed by atoms with E-state index in [1.807, 2.05) is 48.5 Å². The van der Waals surface area contributed by atoms with Crippen LogP contribution in [0.4, 0.5) is 0 Å². The van der Waals surface area contributed by atoms with Crippen LogP contribution in [0.3, 0.4) is 0 Å². The smallest absolute Gasteiger partial charge is 0.284 e. The van der Waals surface area contributed by atoms with Crippen LogP contribution in [0.15, 0.2) is 121 Å². The van der Waals surface area contributed by atoms with Crippen LogP contribution >= 0.6 is 15.8 Å². The number of unbranched alkanes of at least 4 members (excludes halogenated alkanes) is 13. The minimum Gasteiger partial charge on any atom is -0.310 e. The molecule has 0 aliphatic rings. The molecule has 0 fully saturated rings. The van der Waals surface area contributed by atoms with Crippen molar-refractivity contribution < 1.29 is 13.0 Å². The number of nitrogens with two attached hydrogens (primary N) is 1. The van der Waals surface area contributed by atoms with Crippen LogP contribution in [0.25, 0.3) is 0 Å². The molecule has 276 valence electrons. The van der Waals surface area contributed by atoms with Crippen LogP contribution in [0.1, 0.15) is 103 Å². The van der Waals surface area contributed by atoms with Crippen molar-refractivity contribution in [2.75, 3.05) is 12.3 Å². The Morgan fingerprint density at radius 3 is 1.18 bits per heavy atom. The van der Waals surface area contributed by atoms with Gasteiger partial charge in [-0.05, 0) is 55.6 Å². The van der Waals surface area contributed by atoms with E-state index in [9.17, 15) is 13.0 Å². The lowest BCUT2D eigenvalue weighted by Crippen LogP contribution is -2.58. The first-order valence-electron chi connectivity index (χ1n) is 19.3. The summed E-state index contributed by atoms with van der Waals surface area (Å²) >= 11 is 0. The first-order chi connectivity index (χ1) is 24.8. The Balaban J connectivity index is 1.52. The van der Waals surface area contributed by atoms with Gasteiger partial charge >= 0.3 is 0 Å². The molecule has 0 heterocycles. The predicted octanol–water partition coefficient (Wildman–Crippen LogP) is 10.3. The highest BCUT2D eigenvalue weighted by atomic mass is 32.2. The monoisotopic (exact) mass is 745 g/mol. The highest BCUT2D eigenvalue weighted by Gasteiger charge is 2.48. The SMILES string of the molecule is CCCCCCCCCCCCCCCCC(CP(c1ccccc1)c1ccccc1)C(N)(CP(c1ccccc1)c1ccccc1)S(=O)(=O)O. The minimum atomic E-state index is -4.65. The van der Waals surface area contributed by atoms with Gasteiger partial charge in [-0.2, -0.15) is 8.42 Å². The molecule has 2 unspecified atom stereocenters. The molecule has 0 bridgehead atoms. The molecule has 0 spiro atoms. The first kappa shape index (κ1) is 41.4. The lowest BCUT2D eigenvalue weighted by atomic mass is 9.95. The maximum Gasteiger partial charge on any atom is 0.284 e. The van der Waals surface area contributed by atoms with Crippen LogP contribution in [-0.4, -0.2) is 30.2 Å². The number of hydrogen-bond acceptors (Lipinski definition) is 3. The maximum atomic E-state index is 13.7. The van der Waals surface area contributed by atoms with Gasteiger partial charge in [0.05, 0.1) is 0 Å². The normalized spacial score (nSPS) is 13.7. The molecule has 4 aromatic carbocycles. The molecule has 0 radical (unpaired) electrons. The highest BCUT2D eigenvalue weighted by molar-refractivity contribution is 7.88. The van der Waals surface area contributed by atoms with Crippen molar-refractivity contribution in [2.45, 2.75) is 108 Å². The van der Waals surface area contributed by atoms with Gasteiger partial charge in [-0.3, -0.25) is 4.55 Å². The summed E-state index contributed by atoms with van der Waals surface area (Å²) in [5.74, 6) is -0.436. The van der Waals surface area contributed by atoms with E-state index in [0.29, 0.717) is 12.6 Å². The van der Waals surface area contributed by atoms with Crippen molar-refractivity contribution in [3.63, 3.8) is 0 Å². The molecule has 0 aliphatic heterocycles. The molecular formula is C44H61NO3P2S. The average Bonchev–Trinajstić information content (AvgIpc) is 3.16. The summed E-state index contributed by atoms with van der Waals surface area (Å²) in [6.07, 6.45) is 19.1. The molecule has 3 N–H and O–H groups in total. The molecule has 7 heteroatoms. The van der Waals surface area contributed by atoms with E-state index in [1.54, 1.807) is 0 Å². The Labute approximate surface area is 312 Å². The molecular weight excluding hydrogens is 685 g/mol. The van der Waals surface area contributed by atoms with Crippen molar-refractivity contribution in [2.24, 2.45) is 11.7 Å². The summed E-state index contributed by atoms with van der Waals surface area (Å²) in [5.41, 5.74) is 7.24. The third kappa shape index (κ3) is 13.5. The Hall–Kier alpha value is -2.39. The van der Waals surface area contributed by atoms with E-state index < -0.39 is 36.8 Å². The van der Waals surface area contributed by atoms with E-state index in [1.165, 1.54) is 81.2 Å². The molecule has 4 nitrogen and oxygen atoms in total. The van der Waals surface area contributed by atoms with Crippen molar-refractivity contribution in [3.8, 4) is 0 Å². The lowest BCUT2D eigenvalue weighted by Gasteiger charge is -2.39. The molecule has 0 amide bonds. The second kappa shape index (κ2) is 22.6. The molecule has 0 saturated heterocycles. The summed E-state index contributed by atoms with van der Waals surface area (Å²) in [6, 6.07) is 41.0. The number of rotatable bonds is 25. The third-order valence-electron chi connectivity index (χ3n) is 10.2. The molecule has 51 heavy (non-hydrogen) atoms. The molecule has 0 aromatic heterocycles. The predicted molar refractivity (Wildman–Crippen MR) is 225 cm³/mol. The van der Waals surface area contributed by atoms with Crippen LogP contribution in [-0.2, 0) is 10.1 Å². The van der Waals surface area contributed by atoms with Gasteiger partial charge in [0, 0.05) is 6.16 Å². The fraction of sp³-hybridized carbons (Fsp3) is 0.455. The van der Waals surface area contributed by atoms with Crippen LogP contribution in [0, 0.1) is 5.92 Å². The van der Waals surface area contributed by atoms with Crippen LogP contribution in [0.2, 0.25) is 0 Å². The number of hydrogen-bond donors (Lipinski definition) is 2. The van der Waals surface area contributed by atoms with Gasteiger partial charge in [-0.15, -0.1) is 0 Å².